The quantitative estimate of drug-likeness (QED) is 0.120. The lowest BCUT2D eigenvalue weighted by molar-refractivity contribution is -0.143. The van der Waals surface area contributed by atoms with Gasteiger partial charge in [0.05, 0.1) is 6.61 Å². The van der Waals surface area contributed by atoms with Gasteiger partial charge >= 0.3 is 5.97 Å². The molecule has 0 heterocycles. The summed E-state index contributed by atoms with van der Waals surface area (Å²) in [5.41, 5.74) is 0.498. The van der Waals surface area contributed by atoms with Crippen LogP contribution in [-0.2, 0) is 9.53 Å². The van der Waals surface area contributed by atoms with Gasteiger partial charge in [-0.05, 0) is 24.7 Å². The first-order valence-electron chi connectivity index (χ1n) is 13.8. The Kier molecular flexibility index (Phi) is 21.3. The van der Waals surface area contributed by atoms with Gasteiger partial charge < -0.3 is 4.74 Å². The van der Waals surface area contributed by atoms with Gasteiger partial charge in [0.2, 0.25) is 0 Å². The molecule has 0 rings (SSSR count). The number of carbonyl (C=O) groups is 1. The van der Waals surface area contributed by atoms with Crippen LogP contribution in [0.3, 0.4) is 0 Å². The summed E-state index contributed by atoms with van der Waals surface area (Å²) in [5, 5.41) is 0. The van der Waals surface area contributed by atoms with Crippen LogP contribution in [0.2, 0.25) is 0 Å². The summed E-state index contributed by atoms with van der Waals surface area (Å²) in [6.07, 6.45) is 26.8. The average Bonchev–Trinajstić information content (AvgIpc) is 2.77. The van der Waals surface area contributed by atoms with Gasteiger partial charge in [0.15, 0.2) is 0 Å². The summed E-state index contributed by atoms with van der Waals surface area (Å²) in [4.78, 5) is 11.9. The topological polar surface area (TPSA) is 26.3 Å². The molecule has 0 bridgehead atoms. The lowest BCUT2D eigenvalue weighted by Crippen LogP contribution is -2.17. The van der Waals surface area contributed by atoms with Crippen LogP contribution in [0, 0.1) is 5.41 Å². The van der Waals surface area contributed by atoms with Crippen LogP contribution in [0.4, 0.5) is 0 Å². The number of rotatable bonds is 23. The second-order valence-corrected chi connectivity index (χ2v) is 9.58. The second kappa shape index (κ2) is 21.7. The Morgan fingerprint density at radius 2 is 1.00 bits per heavy atom. The number of ether oxygens (including phenoxy) is 1. The van der Waals surface area contributed by atoms with Gasteiger partial charge in [-0.2, -0.15) is 0 Å². The SMILES string of the molecule is CCCCCCCCCCCCCCCCOC(=O)CCCCC(CC)(CC)CC. The molecule has 0 unspecified atom stereocenters. The molecule has 0 aliphatic carbocycles. The number of hydrogen-bond acceptors (Lipinski definition) is 2. The zero-order valence-electron chi connectivity index (χ0n) is 21.4. The maximum Gasteiger partial charge on any atom is 0.305 e. The van der Waals surface area contributed by atoms with Crippen molar-refractivity contribution in [1.82, 2.24) is 0 Å². The van der Waals surface area contributed by atoms with Crippen LogP contribution < -0.4 is 0 Å². The van der Waals surface area contributed by atoms with Crippen molar-refractivity contribution in [1.29, 1.82) is 0 Å². The molecule has 0 fully saturated rings. The highest BCUT2D eigenvalue weighted by molar-refractivity contribution is 5.69. The van der Waals surface area contributed by atoms with Crippen molar-refractivity contribution in [3.05, 3.63) is 0 Å². The predicted molar refractivity (Wildman–Crippen MR) is 133 cm³/mol. The molecule has 2 heteroatoms. The molecule has 0 saturated carbocycles. The fourth-order valence-electron chi connectivity index (χ4n) is 4.60. The van der Waals surface area contributed by atoms with Crippen LogP contribution in [0.15, 0.2) is 0 Å². The Labute approximate surface area is 190 Å². The van der Waals surface area contributed by atoms with Crippen LogP contribution in [-0.4, -0.2) is 12.6 Å². The Morgan fingerprint density at radius 1 is 0.567 bits per heavy atom. The molecule has 0 N–H and O–H groups in total. The van der Waals surface area contributed by atoms with Gasteiger partial charge in [-0.15, -0.1) is 0 Å². The Hall–Kier alpha value is -0.530. The van der Waals surface area contributed by atoms with Crippen molar-refractivity contribution in [3.63, 3.8) is 0 Å². The highest BCUT2D eigenvalue weighted by Gasteiger charge is 2.22. The highest BCUT2D eigenvalue weighted by Crippen LogP contribution is 2.36. The third kappa shape index (κ3) is 17.2. The van der Waals surface area contributed by atoms with E-state index in [-0.39, 0.29) is 5.97 Å². The molecule has 0 amide bonds. The van der Waals surface area contributed by atoms with E-state index in [1.807, 2.05) is 0 Å². The maximum absolute atomic E-state index is 11.9. The van der Waals surface area contributed by atoms with E-state index in [0.29, 0.717) is 18.4 Å². The van der Waals surface area contributed by atoms with E-state index in [2.05, 4.69) is 27.7 Å². The molecule has 0 aliphatic rings. The summed E-state index contributed by atoms with van der Waals surface area (Å²) in [5.74, 6) is 0.0137. The third-order valence-corrected chi connectivity index (χ3v) is 7.35. The lowest BCUT2D eigenvalue weighted by Gasteiger charge is -2.30. The molecule has 0 aliphatic heterocycles. The minimum absolute atomic E-state index is 0.0137. The molecule has 0 aromatic carbocycles. The van der Waals surface area contributed by atoms with Gasteiger partial charge in [-0.1, -0.05) is 137 Å². The average molecular weight is 425 g/mol. The Bertz CT molecular complexity index is 351. The van der Waals surface area contributed by atoms with Gasteiger partial charge in [0, 0.05) is 6.42 Å². The number of hydrogen-bond donors (Lipinski definition) is 0. The van der Waals surface area contributed by atoms with Crippen molar-refractivity contribution in [2.24, 2.45) is 5.41 Å². The first-order chi connectivity index (χ1) is 14.6. The summed E-state index contributed by atoms with van der Waals surface area (Å²) in [6.45, 7) is 9.82. The first kappa shape index (κ1) is 29.5. The van der Waals surface area contributed by atoms with Crippen molar-refractivity contribution in [2.45, 2.75) is 163 Å². The molecule has 0 aromatic heterocycles. The molecular weight excluding hydrogens is 368 g/mol. The summed E-state index contributed by atoms with van der Waals surface area (Å²) in [6, 6.07) is 0. The molecule has 2 nitrogen and oxygen atoms in total. The Balaban J connectivity index is 3.34. The van der Waals surface area contributed by atoms with E-state index in [1.165, 1.54) is 109 Å². The van der Waals surface area contributed by atoms with Crippen molar-refractivity contribution in [3.8, 4) is 0 Å². The molecular formula is C28H56O2. The van der Waals surface area contributed by atoms with Crippen LogP contribution in [0.25, 0.3) is 0 Å². The number of carbonyl (C=O) groups excluding carboxylic acids is 1. The zero-order chi connectivity index (χ0) is 22.3. The second-order valence-electron chi connectivity index (χ2n) is 9.58. The molecule has 0 atom stereocenters. The van der Waals surface area contributed by atoms with E-state index in [4.69, 9.17) is 4.74 Å². The van der Waals surface area contributed by atoms with Crippen LogP contribution >= 0.6 is 0 Å². The van der Waals surface area contributed by atoms with E-state index in [1.54, 1.807) is 0 Å². The molecule has 180 valence electrons. The molecule has 0 saturated heterocycles. The maximum atomic E-state index is 11.9. The third-order valence-electron chi connectivity index (χ3n) is 7.35. The summed E-state index contributed by atoms with van der Waals surface area (Å²) >= 11 is 0. The van der Waals surface area contributed by atoms with Crippen molar-refractivity contribution in [2.75, 3.05) is 6.61 Å². The molecule has 0 spiro atoms. The Morgan fingerprint density at radius 3 is 1.43 bits per heavy atom. The van der Waals surface area contributed by atoms with Gasteiger partial charge in [0.1, 0.15) is 0 Å². The fourth-order valence-corrected chi connectivity index (χ4v) is 4.60. The zero-order valence-corrected chi connectivity index (χ0v) is 21.4. The van der Waals surface area contributed by atoms with Gasteiger partial charge in [-0.3, -0.25) is 4.79 Å². The van der Waals surface area contributed by atoms with E-state index < -0.39 is 0 Å². The standard InChI is InChI=1S/C28H56O2/c1-5-9-10-11-12-13-14-15-16-17-18-19-20-23-26-30-27(29)24-21-22-25-28(6-2,7-3)8-4/h5-26H2,1-4H3. The van der Waals surface area contributed by atoms with Crippen molar-refractivity contribution < 1.29 is 9.53 Å². The lowest BCUT2D eigenvalue weighted by atomic mass is 9.76. The minimum Gasteiger partial charge on any atom is -0.466 e. The fraction of sp³-hybridized carbons (Fsp3) is 0.964. The van der Waals surface area contributed by atoms with Gasteiger partial charge in [-0.25, -0.2) is 0 Å². The first-order valence-corrected chi connectivity index (χ1v) is 13.8. The normalized spacial score (nSPS) is 11.7. The van der Waals surface area contributed by atoms with E-state index in [0.717, 1.165) is 19.3 Å². The minimum atomic E-state index is 0.0137. The van der Waals surface area contributed by atoms with Crippen LogP contribution in [0.1, 0.15) is 163 Å². The predicted octanol–water partition coefficient (Wildman–Crippen LogP) is 9.79. The summed E-state index contributed by atoms with van der Waals surface area (Å²) in [7, 11) is 0. The highest BCUT2D eigenvalue weighted by atomic mass is 16.5. The van der Waals surface area contributed by atoms with E-state index >= 15 is 0 Å². The molecule has 30 heavy (non-hydrogen) atoms. The smallest absolute Gasteiger partial charge is 0.305 e. The van der Waals surface area contributed by atoms with Gasteiger partial charge in [0.25, 0.3) is 0 Å². The monoisotopic (exact) mass is 424 g/mol. The summed E-state index contributed by atoms with van der Waals surface area (Å²) < 4.78 is 5.42. The molecule has 0 radical (unpaired) electrons. The molecule has 0 aromatic rings. The largest absolute Gasteiger partial charge is 0.466 e. The van der Waals surface area contributed by atoms with Crippen LogP contribution in [0.5, 0.6) is 0 Å². The number of unbranched alkanes of at least 4 members (excludes halogenated alkanes) is 14. The number of esters is 1. The van der Waals surface area contributed by atoms with E-state index in [9.17, 15) is 4.79 Å². The van der Waals surface area contributed by atoms with Crippen molar-refractivity contribution >= 4 is 5.97 Å².